The Bertz CT molecular complexity index is 1420. The third-order valence-electron chi connectivity index (χ3n) is 6.22. The number of aromatic nitrogens is 2. The summed E-state index contributed by atoms with van der Waals surface area (Å²) >= 11 is 0. The van der Waals surface area contributed by atoms with E-state index in [0.29, 0.717) is 16.8 Å². The van der Waals surface area contributed by atoms with Crippen molar-refractivity contribution in [3.8, 4) is 0 Å². The average Bonchev–Trinajstić information content (AvgIpc) is 3.49. The fourth-order valence-electron chi connectivity index (χ4n) is 4.27. The molecule has 1 fully saturated rings. The van der Waals surface area contributed by atoms with Crippen LogP contribution in [0.1, 0.15) is 39.6 Å². The Morgan fingerprint density at radius 3 is 2.52 bits per heavy atom. The van der Waals surface area contributed by atoms with Gasteiger partial charge in [0.1, 0.15) is 17.6 Å². The number of imidazole rings is 1. The highest BCUT2D eigenvalue weighted by Gasteiger charge is 2.49. The van der Waals surface area contributed by atoms with Crippen molar-refractivity contribution in [1.82, 2.24) is 9.97 Å². The number of fused-ring (bicyclic) bond motifs is 1. The van der Waals surface area contributed by atoms with Crippen LogP contribution in [0.5, 0.6) is 0 Å². The smallest absolute Gasteiger partial charge is 0.302 e. The summed E-state index contributed by atoms with van der Waals surface area (Å²) in [5, 5.41) is 11.3. The normalized spacial score (nSPS) is 17.9. The van der Waals surface area contributed by atoms with Gasteiger partial charge in [-0.05, 0) is 74.7 Å². The molecule has 2 N–H and O–H groups in total. The molecule has 1 aliphatic heterocycles. The van der Waals surface area contributed by atoms with Crippen LogP contribution >= 0.6 is 0 Å². The Morgan fingerprint density at radius 1 is 1.03 bits per heavy atom. The van der Waals surface area contributed by atoms with Gasteiger partial charge in [0.2, 0.25) is 5.95 Å². The molecule has 5 rings (SSSR count). The minimum absolute atomic E-state index is 0.0310. The summed E-state index contributed by atoms with van der Waals surface area (Å²) in [5.41, 5.74) is 5.77. The molecule has 0 saturated carbocycles. The predicted molar refractivity (Wildman–Crippen MR) is 125 cm³/mol. The van der Waals surface area contributed by atoms with Crippen LogP contribution in [-0.4, -0.2) is 26.8 Å². The van der Waals surface area contributed by atoms with E-state index in [-0.39, 0.29) is 17.3 Å². The average molecular weight is 441 g/mol. The second-order valence-corrected chi connectivity index (χ2v) is 8.52. The lowest BCUT2D eigenvalue weighted by molar-refractivity contribution is -0.132. The molecule has 7 nitrogen and oxygen atoms in total. The van der Waals surface area contributed by atoms with Gasteiger partial charge in [0.25, 0.3) is 5.78 Å². The molecule has 2 aromatic heterocycles. The molecule has 166 valence electrons. The summed E-state index contributed by atoms with van der Waals surface area (Å²) in [5.74, 6) is -1.23. The Morgan fingerprint density at radius 2 is 1.79 bits per heavy atom. The standard InChI is InChI=1S/C26H23N3O4/c1-13-7-8-14(2)17(10-13)23(30)21-22(20-6-5-9-33-20)29(25(32)24(21)31)26-27-18-11-15(3)16(4)12-19(18)28-26/h5-12,22,30H,1-4H3,(H,27,28)/b23-21+. The van der Waals surface area contributed by atoms with E-state index in [4.69, 9.17) is 4.42 Å². The molecule has 1 atom stereocenters. The van der Waals surface area contributed by atoms with Gasteiger partial charge in [-0.2, -0.15) is 0 Å². The third-order valence-corrected chi connectivity index (χ3v) is 6.22. The van der Waals surface area contributed by atoms with Crippen molar-refractivity contribution in [2.75, 3.05) is 4.90 Å². The second kappa shape index (κ2) is 7.48. The lowest BCUT2D eigenvalue weighted by atomic mass is 9.96. The van der Waals surface area contributed by atoms with Crippen molar-refractivity contribution in [3.05, 3.63) is 87.9 Å². The van der Waals surface area contributed by atoms with Crippen LogP contribution in [0.15, 0.2) is 58.7 Å². The largest absolute Gasteiger partial charge is 0.507 e. The first-order valence-electron chi connectivity index (χ1n) is 10.6. The number of furan rings is 1. The highest BCUT2D eigenvalue weighted by atomic mass is 16.3. The molecule has 2 aromatic carbocycles. The number of H-pyrrole nitrogens is 1. The van der Waals surface area contributed by atoms with Crippen molar-refractivity contribution >= 4 is 34.4 Å². The van der Waals surface area contributed by atoms with Crippen LogP contribution < -0.4 is 4.90 Å². The number of Topliss-reactive ketones (excluding diaryl/α,β-unsaturated/α-hetero) is 1. The van der Waals surface area contributed by atoms with E-state index in [1.165, 1.54) is 11.2 Å². The summed E-state index contributed by atoms with van der Waals surface area (Å²) in [6.45, 7) is 7.73. The Kier molecular flexibility index (Phi) is 4.70. The number of aromatic amines is 1. The van der Waals surface area contributed by atoms with E-state index in [2.05, 4.69) is 9.97 Å². The number of anilines is 1. The van der Waals surface area contributed by atoms with Crippen LogP contribution in [0, 0.1) is 27.7 Å². The Balaban J connectivity index is 1.74. The van der Waals surface area contributed by atoms with Crippen molar-refractivity contribution in [2.45, 2.75) is 33.7 Å². The Labute approximate surface area is 190 Å². The van der Waals surface area contributed by atoms with Crippen molar-refractivity contribution < 1.29 is 19.1 Å². The zero-order valence-electron chi connectivity index (χ0n) is 18.8. The first-order chi connectivity index (χ1) is 15.8. The van der Waals surface area contributed by atoms with E-state index in [0.717, 1.165) is 27.8 Å². The van der Waals surface area contributed by atoms with E-state index in [1.807, 2.05) is 52.0 Å². The summed E-state index contributed by atoms with van der Waals surface area (Å²) < 4.78 is 5.62. The Hall–Kier alpha value is -4.13. The number of hydrogen-bond donors (Lipinski definition) is 2. The van der Waals surface area contributed by atoms with E-state index in [9.17, 15) is 14.7 Å². The number of rotatable bonds is 3. The number of amides is 1. The third kappa shape index (κ3) is 3.24. The molecule has 1 aliphatic rings. The van der Waals surface area contributed by atoms with Gasteiger partial charge in [-0.25, -0.2) is 4.98 Å². The van der Waals surface area contributed by atoms with Crippen molar-refractivity contribution in [3.63, 3.8) is 0 Å². The SMILES string of the molecule is Cc1ccc(C)c(/C(O)=C2\C(=O)C(=O)N(c3nc4cc(C)c(C)cc4[nH]3)C2c2ccco2)c1. The first kappa shape index (κ1) is 20.8. The minimum Gasteiger partial charge on any atom is -0.507 e. The summed E-state index contributed by atoms with van der Waals surface area (Å²) in [4.78, 5) is 35.5. The number of ketones is 1. The molecule has 1 amide bonds. The maximum absolute atomic E-state index is 13.2. The molecule has 0 aliphatic carbocycles. The van der Waals surface area contributed by atoms with Gasteiger partial charge < -0.3 is 14.5 Å². The van der Waals surface area contributed by atoms with Crippen LogP contribution in [0.4, 0.5) is 5.95 Å². The number of benzene rings is 2. The van der Waals surface area contributed by atoms with Gasteiger partial charge in [0.15, 0.2) is 0 Å². The van der Waals surface area contributed by atoms with Gasteiger partial charge >= 0.3 is 5.91 Å². The molecule has 3 heterocycles. The molecule has 7 heteroatoms. The highest BCUT2D eigenvalue weighted by molar-refractivity contribution is 6.51. The molecule has 1 unspecified atom stereocenters. The van der Waals surface area contributed by atoms with Crippen LogP contribution in [0.2, 0.25) is 0 Å². The number of hydrogen-bond acceptors (Lipinski definition) is 5. The number of nitrogens with one attached hydrogen (secondary N) is 1. The fraction of sp³-hybridized carbons (Fsp3) is 0.192. The molecular weight excluding hydrogens is 418 g/mol. The minimum atomic E-state index is -0.956. The van der Waals surface area contributed by atoms with E-state index < -0.39 is 17.7 Å². The molecule has 0 bridgehead atoms. The molecular formula is C26H23N3O4. The topological polar surface area (TPSA) is 99.4 Å². The van der Waals surface area contributed by atoms with Gasteiger partial charge in [-0.1, -0.05) is 17.7 Å². The number of nitrogens with zero attached hydrogens (tertiary/aromatic N) is 2. The zero-order chi connectivity index (χ0) is 23.4. The van der Waals surface area contributed by atoms with Gasteiger partial charge in [0, 0.05) is 5.56 Å². The molecule has 0 spiro atoms. The quantitative estimate of drug-likeness (QED) is 0.264. The summed E-state index contributed by atoms with van der Waals surface area (Å²) in [6.07, 6.45) is 1.47. The second-order valence-electron chi connectivity index (χ2n) is 8.52. The first-order valence-corrected chi connectivity index (χ1v) is 10.6. The van der Waals surface area contributed by atoms with Crippen LogP contribution in [0.25, 0.3) is 16.8 Å². The van der Waals surface area contributed by atoms with Gasteiger partial charge in [-0.3, -0.25) is 14.5 Å². The molecule has 33 heavy (non-hydrogen) atoms. The highest BCUT2D eigenvalue weighted by Crippen LogP contribution is 2.42. The molecule has 0 radical (unpaired) electrons. The van der Waals surface area contributed by atoms with E-state index in [1.54, 1.807) is 18.2 Å². The van der Waals surface area contributed by atoms with Crippen molar-refractivity contribution in [2.24, 2.45) is 0 Å². The van der Waals surface area contributed by atoms with Crippen LogP contribution in [-0.2, 0) is 9.59 Å². The van der Waals surface area contributed by atoms with Gasteiger partial charge in [-0.15, -0.1) is 0 Å². The summed E-state index contributed by atoms with van der Waals surface area (Å²) in [6, 6.07) is 11.9. The summed E-state index contributed by atoms with van der Waals surface area (Å²) in [7, 11) is 0. The number of aliphatic hydroxyl groups is 1. The number of carbonyl (C=O) groups excluding carboxylic acids is 2. The van der Waals surface area contributed by atoms with Crippen LogP contribution in [0.3, 0.4) is 0 Å². The lowest BCUT2D eigenvalue weighted by Gasteiger charge is -2.21. The maximum atomic E-state index is 13.2. The van der Waals surface area contributed by atoms with Gasteiger partial charge in [0.05, 0.1) is 22.9 Å². The molecule has 4 aromatic rings. The fourth-order valence-corrected chi connectivity index (χ4v) is 4.27. The number of aliphatic hydroxyl groups excluding tert-OH is 1. The maximum Gasteiger partial charge on any atom is 0.302 e. The molecule has 1 saturated heterocycles. The number of carbonyl (C=O) groups is 2. The van der Waals surface area contributed by atoms with Crippen molar-refractivity contribution in [1.29, 1.82) is 0 Å². The number of aryl methyl sites for hydroxylation is 4. The predicted octanol–water partition coefficient (Wildman–Crippen LogP) is 5.02. The monoisotopic (exact) mass is 441 g/mol. The van der Waals surface area contributed by atoms with E-state index >= 15 is 0 Å². The zero-order valence-corrected chi connectivity index (χ0v) is 18.8. The lowest BCUT2D eigenvalue weighted by Crippen LogP contribution is -2.30.